The van der Waals surface area contributed by atoms with Crippen molar-refractivity contribution in [3.8, 4) is 10.4 Å². The van der Waals surface area contributed by atoms with Gasteiger partial charge in [-0.1, -0.05) is 6.07 Å². The van der Waals surface area contributed by atoms with Crippen molar-refractivity contribution in [1.82, 2.24) is 9.97 Å². The standard InChI is InChI=1S/C13H14N4OS2/c1-2-18-6-10-15-12(17-14)11-8(7-20-13(11)16-10)9-4-3-5-19-9/h3-5,7H,2,6,14H2,1H3,(H,15,16,17). The molecule has 3 rings (SSSR count). The minimum absolute atomic E-state index is 0.396. The lowest BCUT2D eigenvalue weighted by Crippen LogP contribution is -2.11. The second-order valence-electron chi connectivity index (χ2n) is 4.08. The molecule has 3 heterocycles. The fourth-order valence-corrected chi connectivity index (χ4v) is 3.74. The lowest BCUT2D eigenvalue weighted by atomic mass is 10.2. The van der Waals surface area contributed by atoms with Crippen molar-refractivity contribution < 1.29 is 4.74 Å². The van der Waals surface area contributed by atoms with Crippen molar-refractivity contribution in [1.29, 1.82) is 0 Å². The van der Waals surface area contributed by atoms with E-state index in [1.807, 2.05) is 13.0 Å². The number of nitrogens with zero attached hydrogens (tertiary/aromatic N) is 2. The van der Waals surface area contributed by atoms with Gasteiger partial charge in [-0.25, -0.2) is 15.8 Å². The lowest BCUT2D eigenvalue weighted by molar-refractivity contribution is 0.128. The van der Waals surface area contributed by atoms with Gasteiger partial charge in [-0.15, -0.1) is 22.7 Å². The molecule has 104 valence electrons. The molecule has 0 aromatic carbocycles. The highest BCUT2D eigenvalue weighted by Crippen LogP contribution is 2.38. The maximum absolute atomic E-state index is 5.62. The van der Waals surface area contributed by atoms with Gasteiger partial charge in [0.15, 0.2) is 11.6 Å². The summed E-state index contributed by atoms with van der Waals surface area (Å²) in [6.45, 7) is 2.98. The van der Waals surface area contributed by atoms with Crippen LogP contribution in [0.3, 0.4) is 0 Å². The largest absolute Gasteiger partial charge is 0.374 e. The summed E-state index contributed by atoms with van der Waals surface area (Å²) in [6, 6.07) is 4.12. The van der Waals surface area contributed by atoms with Crippen LogP contribution in [0.1, 0.15) is 12.7 Å². The first-order valence-electron chi connectivity index (χ1n) is 6.19. The van der Waals surface area contributed by atoms with Crippen LogP contribution in [-0.2, 0) is 11.3 Å². The highest BCUT2D eigenvalue weighted by molar-refractivity contribution is 7.18. The van der Waals surface area contributed by atoms with E-state index in [9.17, 15) is 0 Å². The first-order valence-corrected chi connectivity index (χ1v) is 7.95. The predicted octanol–water partition coefficient (Wildman–Crippen LogP) is 3.24. The summed E-state index contributed by atoms with van der Waals surface area (Å²) in [6.07, 6.45) is 0. The Labute approximate surface area is 124 Å². The molecule has 3 aromatic heterocycles. The third-order valence-corrected chi connectivity index (χ3v) is 4.61. The predicted molar refractivity (Wildman–Crippen MR) is 83.9 cm³/mol. The first-order chi connectivity index (χ1) is 9.83. The van der Waals surface area contributed by atoms with Gasteiger partial charge in [-0.3, -0.25) is 0 Å². The quantitative estimate of drug-likeness (QED) is 0.559. The summed E-state index contributed by atoms with van der Waals surface area (Å²) in [7, 11) is 0. The van der Waals surface area contributed by atoms with E-state index in [1.165, 1.54) is 4.88 Å². The van der Waals surface area contributed by atoms with Gasteiger partial charge in [-0.2, -0.15) is 0 Å². The molecule has 0 bridgehead atoms. The van der Waals surface area contributed by atoms with E-state index < -0.39 is 0 Å². The molecule has 0 spiro atoms. The zero-order chi connectivity index (χ0) is 13.9. The van der Waals surface area contributed by atoms with Gasteiger partial charge in [-0.05, 0) is 18.4 Å². The van der Waals surface area contributed by atoms with Crippen molar-refractivity contribution in [2.75, 3.05) is 12.0 Å². The van der Waals surface area contributed by atoms with Crippen molar-refractivity contribution >= 4 is 38.7 Å². The van der Waals surface area contributed by atoms with E-state index >= 15 is 0 Å². The number of nitrogen functional groups attached to an aromatic ring is 1. The lowest BCUT2D eigenvalue weighted by Gasteiger charge is -2.06. The first kappa shape index (κ1) is 13.4. The van der Waals surface area contributed by atoms with Crippen LogP contribution in [0.15, 0.2) is 22.9 Å². The second kappa shape index (κ2) is 5.84. The van der Waals surface area contributed by atoms with Gasteiger partial charge in [0, 0.05) is 22.4 Å². The molecule has 0 aliphatic heterocycles. The Bertz CT molecular complexity index is 709. The topological polar surface area (TPSA) is 73.1 Å². The fraction of sp³-hybridized carbons (Fsp3) is 0.231. The zero-order valence-corrected chi connectivity index (χ0v) is 12.6. The molecule has 0 fully saturated rings. The number of aromatic nitrogens is 2. The summed E-state index contributed by atoms with van der Waals surface area (Å²) >= 11 is 3.28. The zero-order valence-electron chi connectivity index (χ0n) is 10.9. The molecule has 0 saturated carbocycles. The molecule has 0 unspecified atom stereocenters. The molecule has 3 aromatic rings. The van der Waals surface area contributed by atoms with E-state index in [4.69, 9.17) is 10.6 Å². The molecule has 3 N–H and O–H groups in total. The molecule has 7 heteroatoms. The Morgan fingerprint density at radius 2 is 2.25 bits per heavy atom. The smallest absolute Gasteiger partial charge is 0.158 e. The molecule has 0 aliphatic rings. The number of hydrogen-bond acceptors (Lipinski definition) is 7. The van der Waals surface area contributed by atoms with Gasteiger partial charge < -0.3 is 10.2 Å². The number of thiophene rings is 2. The molecule has 0 radical (unpaired) electrons. The van der Waals surface area contributed by atoms with E-state index in [0.717, 1.165) is 15.8 Å². The number of ether oxygens (including phenoxy) is 1. The molecule has 0 aliphatic carbocycles. The van der Waals surface area contributed by atoms with Gasteiger partial charge in [0.05, 0.1) is 5.39 Å². The van der Waals surface area contributed by atoms with Crippen LogP contribution >= 0.6 is 22.7 Å². The van der Waals surface area contributed by atoms with Crippen LogP contribution in [0.5, 0.6) is 0 Å². The molecule has 0 saturated heterocycles. The van der Waals surface area contributed by atoms with Crippen molar-refractivity contribution in [2.24, 2.45) is 5.84 Å². The number of rotatable bonds is 5. The van der Waals surface area contributed by atoms with Gasteiger partial charge in [0.25, 0.3) is 0 Å². The SMILES string of the molecule is CCOCc1nc(NN)c2c(-c3cccs3)csc2n1. The van der Waals surface area contributed by atoms with Crippen LogP contribution in [0, 0.1) is 0 Å². The van der Waals surface area contributed by atoms with E-state index in [0.29, 0.717) is 24.9 Å². The normalized spacial score (nSPS) is 11.1. The van der Waals surface area contributed by atoms with Gasteiger partial charge >= 0.3 is 0 Å². The van der Waals surface area contributed by atoms with Crippen molar-refractivity contribution in [3.05, 3.63) is 28.7 Å². The van der Waals surface area contributed by atoms with E-state index in [-0.39, 0.29) is 0 Å². The molecule has 20 heavy (non-hydrogen) atoms. The average Bonchev–Trinajstić information content (AvgIpc) is 3.12. The Balaban J connectivity index is 2.12. The van der Waals surface area contributed by atoms with Gasteiger partial charge in [0.2, 0.25) is 0 Å². The number of hydrogen-bond donors (Lipinski definition) is 2. The summed E-state index contributed by atoms with van der Waals surface area (Å²) in [5.41, 5.74) is 3.80. The number of fused-ring (bicyclic) bond motifs is 1. The summed E-state index contributed by atoms with van der Waals surface area (Å²) in [5.74, 6) is 6.91. The number of nitrogens with one attached hydrogen (secondary N) is 1. The third kappa shape index (κ3) is 2.40. The maximum Gasteiger partial charge on any atom is 0.158 e. The number of nitrogens with two attached hydrogens (primary N) is 1. The third-order valence-electron chi connectivity index (χ3n) is 2.84. The Morgan fingerprint density at radius 3 is 2.95 bits per heavy atom. The minimum Gasteiger partial charge on any atom is -0.374 e. The van der Waals surface area contributed by atoms with E-state index in [2.05, 4.69) is 32.2 Å². The highest BCUT2D eigenvalue weighted by atomic mass is 32.1. The highest BCUT2D eigenvalue weighted by Gasteiger charge is 2.15. The Hall–Kier alpha value is -1.54. The van der Waals surface area contributed by atoms with Crippen LogP contribution in [0.4, 0.5) is 5.82 Å². The molecular formula is C13H14N4OS2. The summed E-state index contributed by atoms with van der Waals surface area (Å²) in [5, 5.41) is 5.12. The van der Waals surface area contributed by atoms with Crippen LogP contribution in [-0.4, -0.2) is 16.6 Å². The van der Waals surface area contributed by atoms with Crippen molar-refractivity contribution in [2.45, 2.75) is 13.5 Å². The Kier molecular flexibility index (Phi) is 3.93. The summed E-state index contributed by atoms with van der Waals surface area (Å²) < 4.78 is 5.36. The minimum atomic E-state index is 0.396. The number of hydrazine groups is 1. The van der Waals surface area contributed by atoms with Gasteiger partial charge in [0.1, 0.15) is 11.4 Å². The van der Waals surface area contributed by atoms with Crippen LogP contribution in [0.2, 0.25) is 0 Å². The maximum atomic E-state index is 5.62. The molecule has 5 nitrogen and oxygen atoms in total. The monoisotopic (exact) mass is 306 g/mol. The number of anilines is 1. The van der Waals surface area contributed by atoms with Crippen LogP contribution in [0.25, 0.3) is 20.7 Å². The molecular weight excluding hydrogens is 292 g/mol. The van der Waals surface area contributed by atoms with Crippen LogP contribution < -0.4 is 11.3 Å². The second-order valence-corrected chi connectivity index (χ2v) is 5.88. The molecule has 0 atom stereocenters. The van der Waals surface area contributed by atoms with Crippen molar-refractivity contribution in [3.63, 3.8) is 0 Å². The summed E-state index contributed by atoms with van der Waals surface area (Å²) in [4.78, 5) is 11.1. The Morgan fingerprint density at radius 1 is 1.35 bits per heavy atom. The fourth-order valence-electron chi connectivity index (χ4n) is 1.96. The molecule has 0 amide bonds. The average molecular weight is 306 g/mol. The van der Waals surface area contributed by atoms with E-state index in [1.54, 1.807) is 22.7 Å².